The zero-order chi connectivity index (χ0) is 15.7. The van der Waals surface area contributed by atoms with E-state index in [1.165, 1.54) is 23.8 Å². The molecular weight excluding hydrogens is 274 g/mol. The standard InChI is InChI=1S/C8H8.C7H5NO5/c1-2-8-6-4-3-5-7-8;9-7(10)13-6-4-2-1-3-5(6)8(11)12/h2-7H,1H2;1-4H,(H,9,10). The minimum atomic E-state index is -1.57. The van der Waals surface area contributed by atoms with Crippen LogP contribution in [-0.4, -0.2) is 16.2 Å². The highest BCUT2D eigenvalue weighted by atomic mass is 16.7. The largest absolute Gasteiger partial charge is 0.511 e. The minimum Gasteiger partial charge on any atom is -0.449 e. The molecule has 0 aliphatic carbocycles. The maximum absolute atomic E-state index is 10.3. The Hall–Kier alpha value is -3.15. The Morgan fingerprint density at radius 3 is 2.19 bits per heavy atom. The summed E-state index contributed by atoms with van der Waals surface area (Å²) in [6.07, 6.45) is 0.259. The van der Waals surface area contributed by atoms with Crippen molar-refractivity contribution in [3.63, 3.8) is 0 Å². The second kappa shape index (κ2) is 8.11. The Morgan fingerprint density at radius 1 is 1.14 bits per heavy atom. The lowest BCUT2D eigenvalue weighted by Gasteiger charge is -1.99. The van der Waals surface area contributed by atoms with Gasteiger partial charge in [0.15, 0.2) is 0 Å². The molecule has 0 bridgehead atoms. The van der Waals surface area contributed by atoms with Crippen LogP contribution in [0.1, 0.15) is 5.56 Å². The van der Waals surface area contributed by atoms with Gasteiger partial charge in [-0.15, -0.1) is 0 Å². The molecule has 0 aliphatic rings. The number of nitro groups is 1. The van der Waals surface area contributed by atoms with E-state index < -0.39 is 11.1 Å². The summed E-state index contributed by atoms with van der Waals surface area (Å²) in [4.78, 5) is 19.7. The molecule has 0 radical (unpaired) electrons. The molecule has 1 N–H and O–H groups in total. The average molecular weight is 287 g/mol. The van der Waals surface area contributed by atoms with Gasteiger partial charge in [-0.2, -0.15) is 0 Å². The predicted octanol–water partition coefficient (Wildman–Crippen LogP) is 3.98. The van der Waals surface area contributed by atoms with E-state index in [9.17, 15) is 14.9 Å². The van der Waals surface area contributed by atoms with E-state index in [0.29, 0.717) is 0 Å². The molecule has 0 unspecified atom stereocenters. The van der Waals surface area contributed by atoms with Gasteiger partial charge in [0.1, 0.15) is 0 Å². The van der Waals surface area contributed by atoms with Gasteiger partial charge in [0, 0.05) is 6.07 Å². The Kier molecular flexibility index (Phi) is 6.14. The van der Waals surface area contributed by atoms with E-state index in [4.69, 9.17) is 5.11 Å². The first-order valence-corrected chi connectivity index (χ1v) is 5.86. The smallest absolute Gasteiger partial charge is 0.449 e. The van der Waals surface area contributed by atoms with Crippen LogP contribution in [0, 0.1) is 10.1 Å². The summed E-state index contributed by atoms with van der Waals surface area (Å²) in [5, 5.41) is 18.6. The van der Waals surface area contributed by atoms with Crippen molar-refractivity contribution in [3.05, 3.63) is 76.9 Å². The summed E-state index contributed by atoms with van der Waals surface area (Å²) in [7, 11) is 0. The molecule has 0 heterocycles. The number of ether oxygens (including phenoxy) is 1. The average Bonchev–Trinajstić information content (AvgIpc) is 2.48. The van der Waals surface area contributed by atoms with E-state index in [1.807, 2.05) is 36.4 Å². The van der Waals surface area contributed by atoms with Gasteiger partial charge in [0.25, 0.3) is 0 Å². The normalized spacial score (nSPS) is 8.95. The summed E-state index contributed by atoms with van der Waals surface area (Å²) in [5.41, 5.74) is 0.803. The first-order chi connectivity index (χ1) is 10.0. The van der Waals surface area contributed by atoms with Crippen LogP contribution in [0.25, 0.3) is 6.08 Å². The summed E-state index contributed by atoms with van der Waals surface area (Å²) in [6, 6.07) is 15.3. The van der Waals surface area contributed by atoms with Gasteiger partial charge in [-0.05, 0) is 11.6 Å². The lowest BCUT2D eigenvalue weighted by molar-refractivity contribution is -0.385. The van der Waals surface area contributed by atoms with Crippen LogP contribution in [0.15, 0.2) is 61.2 Å². The van der Waals surface area contributed by atoms with E-state index in [2.05, 4.69) is 11.3 Å². The third kappa shape index (κ3) is 5.56. The predicted molar refractivity (Wildman–Crippen MR) is 78.3 cm³/mol. The number of carboxylic acid groups (broad SMARTS) is 1. The second-order valence-corrected chi connectivity index (χ2v) is 3.71. The van der Waals surface area contributed by atoms with E-state index in [1.54, 1.807) is 0 Å². The number of hydrogen-bond donors (Lipinski definition) is 1. The zero-order valence-corrected chi connectivity index (χ0v) is 11.0. The third-order valence-electron chi connectivity index (χ3n) is 2.29. The number of benzene rings is 2. The number of nitrogens with zero attached hydrogens (tertiary/aromatic N) is 1. The zero-order valence-electron chi connectivity index (χ0n) is 11.0. The number of para-hydroxylation sites is 2. The van der Waals surface area contributed by atoms with Crippen molar-refractivity contribution in [3.8, 4) is 5.75 Å². The first-order valence-electron chi connectivity index (χ1n) is 5.86. The number of carbonyl (C=O) groups is 1. The van der Waals surface area contributed by atoms with Crippen LogP contribution in [0.4, 0.5) is 10.5 Å². The van der Waals surface area contributed by atoms with Crippen molar-refractivity contribution in [2.24, 2.45) is 0 Å². The number of nitro benzene ring substituents is 1. The van der Waals surface area contributed by atoms with Gasteiger partial charge >= 0.3 is 11.8 Å². The molecule has 0 aliphatic heterocycles. The molecular formula is C15H13NO5. The Morgan fingerprint density at radius 2 is 1.71 bits per heavy atom. The van der Waals surface area contributed by atoms with Gasteiger partial charge in [-0.25, -0.2) is 4.79 Å². The molecule has 2 aromatic carbocycles. The highest BCUT2D eigenvalue weighted by Crippen LogP contribution is 2.25. The molecule has 0 saturated carbocycles. The van der Waals surface area contributed by atoms with Gasteiger partial charge in [0.05, 0.1) is 4.92 Å². The lowest BCUT2D eigenvalue weighted by Crippen LogP contribution is -2.04. The molecule has 2 aromatic rings. The molecule has 6 nitrogen and oxygen atoms in total. The monoisotopic (exact) mass is 287 g/mol. The SMILES string of the molecule is C=Cc1ccccc1.O=C(O)Oc1ccccc1[N+](=O)[O-]. The fourth-order valence-electron chi connectivity index (χ4n) is 1.38. The molecule has 2 rings (SSSR count). The number of rotatable bonds is 3. The molecule has 6 heteroatoms. The Labute approximate surface area is 121 Å². The first kappa shape index (κ1) is 15.9. The third-order valence-corrected chi connectivity index (χ3v) is 2.29. The van der Waals surface area contributed by atoms with Crippen molar-refractivity contribution < 1.29 is 19.6 Å². The highest BCUT2D eigenvalue weighted by molar-refractivity contribution is 5.64. The maximum Gasteiger partial charge on any atom is 0.511 e. The van der Waals surface area contributed by atoms with Crippen LogP contribution in [0.5, 0.6) is 5.75 Å². The quantitative estimate of drug-likeness (QED) is 0.399. The molecule has 0 atom stereocenters. The van der Waals surface area contributed by atoms with Gasteiger partial charge in [-0.3, -0.25) is 10.1 Å². The van der Waals surface area contributed by atoms with Gasteiger partial charge in [0.2, 0.25) is 5.75 Å². The summed E-state index contributed by atoms with van der Waals surface area (Å²) >= 11 is 0. The van der Waals surface area contributed by atoms with Crippen molar-refractivity contribution in [2.75, 3.05) is 0 Å². The van der Waals surface area contributed by atoms with Crippen LogP contribution < -0.4 is 4.74 Å². The highest BCUT2D eigenvalue weighted by Gasteiger charge is 2.15. The van der Waals surface area contributed by atoms with Crippen LogP contribution in [0.3, 0.4) is 0 Å². The topological polar surface area (TPSA) is 89.7 Å². The molecule has 0 fully saturated rings. The van der Waals surface area contributed by atoms with Crippen molar-refractivity contribution in [1.29, 1.82) is 0 Å². The van der Waals surface area contributed by atoms with Crippen LogP contribution in [-0.2, 0) is 0 Å². The van der Waals surface area contributed by atoms with Crippen LogP contribution >= 0.6 is 0 Å². The molecule has 108 valence electrons. The molecule has 21 heavy (non-hydrogen) atoms. The molecule has 0 aromatic heterocycles. The molecule has 0 saturated heterocycles. The van der Waals surface area contributed by atoms with E-state index in [0.717, 1.165) is 6.07 Å². The Balaban J connectivity index is 0.000000235. The maximum atomic E-state index is 10.3. The summed E-state index contributed by atoms with van der Waals surface area (Å²) in [6.45, 7) is 3.63. The van der Waals surface area contributed by atoms with Gasteiger partial charge < -0.3 is 9.84 Å². The Bertz CT molecular complexity index is 625. The van der Waals surface area contributed by atoms with E-state index >= 15 is 0 Å². The van der Waals surface area contributed by atoms with Crippen molar-refractivity contribution >= 4 is 17.9 Å². The van der Waals surface area contributed by atoms with Crippen molar-refractivity contribution in [2.45, 2.75) is 0 Å². The minimum absolute atomic E-state index is 0.278. The van der Waals surface area contributed by atoms with Crippen LogP contribution in [0.2, 0.25) is 0 Å². The second-order valence-electron chi connectivity index (χ2n) is 3.71. The molecule has 0 spiro atoms. The van der Waals surface area contributed by atoms with E-state index in [-0.39, 0.29) is 11.4 Å². The summed E-state index contributed by atoms with van der Waals surface area (Å²) < 4.78 is 4.18. The lowest BCUT2D eigenvalue weighted by atomic mass is 10.2. The van der Waals surface area contributed by atoms with Gasteiger partial charge in [-0.1, -0.05) is 55.1 Å². The summed E-state index contributed by atoms with van der Waals surface area (Å²) in [5.74, 6) is -0.278. The molecule has 0 amide bonds. The fourth-order valence-corrected chi connectivity index (χ4v) is 1.38. The fraction of sp³-hybridized carbons (Fsp3) is 0. The van der Waals surface area contributed by atoms with Crippen molar-refractivity contribution in [1.82, 2.24) is 0 Å². The number of hydrogen-bond acceptors (Lipinski definition) is 4.